The first kappa shape index (κ1) is 12.5. The Hall–Kier alpha value is -0.950. The van der Waals surface area contributed by atoms with Gasteiger partial charge in [0.05, 0.1) is 5.69 Å². The summed E-state index contributed by atoms with van der Waals surface area (Å²) in [6.07, 6.45) is 0. The molecule has 1 aliphatic rings. The van der Waals surface area contributed by atoms with Crippen molar-refractivity contribution in [3.8, 4) is 0 Å². The van der Waals surface area contributed by atoms with E-state index in [1.165, 1.54) is 12.1 Å². The lowest BCUT2D eigenvalue weighted by molar-refractivity contribution is -0.121. The summed E-state index contributed by atoms with van der Waals surface area (Å²) in [5.74, 6) is -1.67. The molecule has 0 fully saturated rings. The molecule has 0 spiro atoms. The molecule has 2 rings (SSSR count). The van der Waals surface area contributed by atoms with Crippen molar-refractivity contribution >= 4 is 49.4 Å². The summed E-state index contributed by atoms with van der Waals surface area (Å²) in [5.41, 5.74) is 5.56. The second-order valence-corrected chi connectivity index (χ2v) is 7.01. The van der Waals surface area contributed by atoms with Gasteiger partial charge in [-0.25, -0.2) is 4.39 Å². The van der Waals surface area contributed by atoms with E-state index in [9.17, 15) is 14.0 Å². The molecular weight excluding hydrogens is 359 g/mol. The number of benzene rings is 1. The van der Waals surface area contributed by atoms with Gasteiger partial charge >= 0.3 is 0 Å². The van der Waals surface area contributed by atoms with Gasteiger partial charge in [0.25, 0.3) is 5.91 Å². The third-order valence-electron chi connectivity index (χ3n) is 2.42. The van der Waals surface area contributed by atoms with Crippen LogP contribution < -0.4 is 10.6 Å². The van der Waals surface area contributed by atoms with Gasteiger partial charge in [-0.3, -0.25) is 9.59 Å². The van der Waals surface area contributed by atoms with E-state index in [2.05, 4.69) is 31.9 Å². The highest BCUT2D eigenvalue weighted by Gasteiger charge is 2.49. The molecule has 0 saturated heterocycles. The molecule has 0 radical (unpaired) electrons. The first-order valence-corrected chi connectivity index (χ1v) is 6.21. The molecule has 7 heteroatoms. The average molecular weight is 366 g/mol. The van der Waals surface area contributed by atoms with Crippen LogP contribution in [0.15, 0.2) is 18.2 Å². The Morgan fingerprint density at radius 1 is 1.47 bits per heavy atom. The fourth-order valence-electron chi connectivity index (χ4n) is 1.75. The number of nitrogens with zero attached hydrogens (tertiary/aromatic N) is 1. The highest BCUT2D eigenvalue weighted by molar-refractivity contribution is 9.25. The maximum atomic E-state index is 13.7. The monoisotopic (exact) mass is 364 g/mol. The molecule has 0 aromatic heterocycles. The number of hydrogen-bond donors (Lipinski definition) is 1. The second-order valence-electron chi connectivity index (χ2n) is 3.57. The molecule has 1 aromatic carbocycles. The van der Waals surface area contributed by atoms with Crippen LogP contribution >= 0.6 is 31.9 Å². The average Bonchev–Trinajstić information content (AvgIpc) is 2.40. The predicted molar refractivity (Wildman–Crippen MR) is 67.5 cm³/mol. The minimum atomic E-state index is -1.34. The Labute approximate surface area is 113 Å². The van der Waals surface area contributed by atoms with E-state index in [-0.39, 0.29) is 12.1 Å². The fraction of sp³-hybridized carbons (Fsp3) is 0.200. The van der Waals surface area contributed by atoms with E-state index in [0.717, 1.165) is 4.90 Å². The van der Waals surface area contributed by atoms with Crippen molar-refractivity contribution in [1.29, 1.82) is 0 Å². The zero-order valence-electron chi connectivity index (χ0n) is 8.41. The number of anilines is 1. The number of primary amides is 1. The number of alkyl halides is 2. The van der Waals surface area contributed by atoms with E-state index in [1.54, 1.807) is 6.07 Å². The molecule has 2 N–H and O–H groups in total. The maximum absolute atomic E-state index is 13.7. The maximum Gasteiger partial charge on any atom is 0.260 e. The Morgan fingerprint density at radius 3 is 2.71 bits per heavy atom. The van der Waals surface area contributed by atoms with Crippen LogP contribution in [0.1, 0.15) is 5.56 Å². The van der Waals surface area contributed by atoms with E-state index < -0.39 is 20.9 Å². The molecule has 0 aliphatic carbocycles. The van der Waals surface area contributed by atoms with Crippen molar-refractivity contribution in [2.24, 2.45) is 5.73 Å². The molecule has 1 aliphatic heterocycles. The molecule has 1 heterocycles. The molecule has 2 amide bonds. The van der Waals surface area contributed by atoms with Crippen LogP contribution in [0.5, 0.6) is 0 Å². The normalized spacial score (nSPS) is 17.1. The lowest BCUT2D eigenvalue weighted by Crippen LogP contribution is -2.39. The predicted octanol–water partition coefficient (Wildman–Crippen LogP) is 1.60. The van der Waals surface area contributed by atoms with E-state index >= 15 is 0 Å². The lowest BCUT2D eigenvalue weighted by atomic mass is 10.1. The zero-order valence-corrected chi connectivity index (χ0v) is 11.6. The van der Waals surface area contributed by atoms with E-state index in [4.69, 9.17) is 5.73 Å². The Bertz CT molecular complexity index is 519. The number of carbonyl (C=O) groups is 2. The zero-order chi connectivity index (χ0) is 12.8. The molecule has 0 unspecified atom stereocenters. The highest BCUT2D eigenvalue weighted by Crippen LogP contribution is 2.51. The summed E-state index contributed by atoms with van der Waals surface area (Å²) in [7, 11) is 0. The van der Waals surface area contributed by atoms with E-state index in [0.29, 0.717) is 5.69 Å². The molecule has 1 aromatic rings. The summed E-state index contributed by atoms with van der Waals surface area (Å²) < 4.78 is 12.4. The number of nitrogens with two attached hydrogens (primary N) is 1. The van der Waals surface area contributed by atoms with Crippen molar-refractivity contribution < 1.29 is 14.0 Å². The van der Waals surface area contributed by atoms with E-state index in [1.807, 2.05) is 0 Å². The first-order valence-electron chi connectivity index (χ1n) is 4.62. The Morgan fingerprint density at radius 2 is 2.12 bits per heavy atom. The third kappa shape index (κ3) is 1.87. The van der Waals surface area contributed by atoms with Crippen molar-refractivity contribution in [3.05, 3.63) is 29.6 Å². The van der Waals surface area contributed by atoms with Crippen LogP contribution in [0.25, 0.3) is 0 Å². The van der Waals surface area contributed by atoms with Crippen LogP contribution in [-0.4, -0.2) is 18.4 Å². The Kier molecular flexibility index (Phi) is 2.99. The summed E-state index contributed by atoms with van der Waals surface area (Å²) >= 11 is 6.24. The number of amides is 2. The molecule has 17 heavy (non-hydrogen) atoms. The molecule has 90 valence electrons. The number of hydrogen-bond acceptors (Lipinski definition) is 2. The second kappa shape index (κ2) is 4.06. The SMILES string of the molecule is NC(=O)CN1C(=O)C(Br)(Br)c2c(F)cccc21. The van der Waals surface area contributed by atoms with Gasteiger partial charge in [0, 0.05) is 5.56 Å². The molecule has 4 nitrogen and oxygen atoms in total. The van der Waals surface area contributed by atoms with Crippen molar-refractivity contribution in [2.45, 2.75) is 3.23 Å². The van der Waals surface area contributed by atoms with Crippen LogP contribution in [-0.2, 0) is 12.8 Å². The van der Waals surface area contributed by atoms with Gasteiger partial charge in [0.15, 0.2) is 3.23 Å². The van der Waals surface area contributed by atoms with Gasteiger partial charge in [-0.05, 0) is 12.1 Å². The number of halogens is 3. The summed E-state index contributed by atoms with van der Waals surface area (Å²) in [6.45, 7) is -0.283. The van der Waals surface area contributed by atoms with Crippen LogP contribution in [0.2, 0.25) is 0 Å². The van der Waals surface area contributed by atoms with Gasteiger partial charge in [-0.15, -0.1) is 0 Å². The summed E-state index contributed by atoms with van der Waals surface area (Å²) in [5, 5.41) is 0. The molecule has 0 saturated carbocycles. The topological polar surface area (TPSA) is 63.4 Å². The lowest BCUT2D eigenvalue weighted by Gasteiger charge is -2.16. The Balaban J connectivity index is 2.59. The molecule has 0 atom stereocenters. The highest BCUT2D eigenvalue weighted by atomic mass is 79.9. The third-order valence-corrected chi connectivity index (χ3v) is 3.90. The van der Waals surface area contributed by atoms with Crippen LogP contribution in [0, 0.1) is 5.82 Å². The van der Waals surface area contributed by atoms with Gasteiger partial charge in [0.2, 0.25) is 5.91 Å². The van der Waals surface area contributed by atoms with Crippen LogP contribution in [0.3, 0.4) is 0 Å². The van der Waals surface area contributed by atoms with Crippen molar-refractivity contribution in [2.75, 3.05) is 11.4 Å². The fourth-order valence-corrected chi connectivity index (χ4v) is 2.96. The quantitative estimate of drug-likeness (QED) is 0.809. The van der Waals surface area contributed by atoms with Crippen LogP contribution in [0.4, 0.5) is 10.1 Å². The summed E-state index contributed by atoms with van der Waals surface area (Å²) in [4.78, 5) is 24.1. The number of rotatable bonds is 2. The first-order chi connectivity index (χ1) is 7.85. The van der Waals surface area contributed by atoms with Gasteiger partial charge < -0.3 is 10.6 Å². The number of carbonyl (C=O) groups excluding carboxylic acids is 2. The minimum Gasteiger partial charge on any atom is -0.368 e. The standard InChI is InChI=1S/C10H7Br2FN2O2/c11-10(12)8-5(13)2-1-3-6(8)15(9(10)17)4-7(14)16/h1-3H,4H2,(H2,14,16). The molecular formula is C10H7Br2FN2O2. The van der Waals surface area contributed by atoms with Crippen molar-refractivity contribution in [1.82, 2.24) is 0 Å². The van der Waals surface area contributed by atoms with Gasteiger partial charge in [-0.1, -0.05) is 37.9 Å². The number of fused-ring (bicyclic) bond motifs is 1. The summed E-state index contributed by atoms with van der Waals surface area (Å²) in [6, 6.07) is 4.28. The largest absolute Gasteiger partial charge is 0.368 e. The van der Waals surface area contributed by atoms with Gasteiger partial charge in [-0.2, -0.15) is 0 Å². The van der Waals surface area contributed by atoms with Gasteiger partial charge in [0.1, 0.15) is 12.4 Å². The smallest absolute Gasteiger partial charge is 0.260 e. The minimum absolute atomic E-state index is 0.159. The van der Waals surface area contributed by atoms with Crippen molar-refractivity contribution in [3.63, 3.8) is 0 Å². The molecule has 0 bridgehead atoms.